The fraction of sp³-hybridized carbons (Fsp3) is 0.610. The van der Waals surface area contributed by atoms with E-state index >= 15 is 0 Å². The van der Waals surface area contributed by atoms with Crippen molar-refractivity contribution in [2.75, 3.05) is 6.61 Å². The first-order valence-electron chi connectivity index (χ1n) is 18.3. The maximum absolute atomic E-state index is 14.8. The molecule has 2 radical (unpaired) electrons. The number of Topliss-reactive ketones (excluding diaryl/α,β-unsaturated/α-hetero) is 1. The van der Waals surface area contributed by atoms with Gasteiger partial charge in [-0.15, -0.1) is 0 Å². The Morgan fingerprint density at radius 1 is 0.981 bits per heavy atom. The summed E-state index contributed by atoms with van der Waals surface area (Å²) in [6, 6.07) is 17.3. The Labute approximate surface area is 385 Å². The first kappa shape index (κ1) is 45.6. The number of hydrogen-bond donors (Lipinski definition) is 5. The van der Waals surface area contributed by atoms with E-state index in [2.05, 4.69) is 5.32 Å². The number of carbonyl (C=O) groups excluding carboxylic acids is 2. The van der Waals surface area contributed by atoms with Crippen LogP contribution in [0.15, 0.2) is 71.8 Å². The Kier molecular flexibility index (Phi) is 14.7. The predicted octanol–water partition coefficient (Wildman–Crippen LogP) is 5.28. The third kappa shape index (κ3) is 7.44. The zero-order chi connectivity index (χ0) is 37.3. The Balaban J connectivity index is 0.00000314. The number of aliphatic hydroxyl groups excluding tert-OH is 1. The van der Waals surface area contributed by atoms with Crippen LogP contribution in [0.5, 0.6) is 0 Å². The third-order valence-electron chi connectivity index (χ3n) is 13.5. The standard InChI is InChI=1S/C41H55NO9.2Ac/c1-22(2)50-34(31(26-15-11-9-12-16-26)42-37(45)27-17-13-10-14-18-27)33(51-48)28-20-41(47)25(5)35-39(8,23(3)19-29-40(35,46)21-49-29)36(44)32(43)30(24(28)4)38(41,6)7;;/h9-18,22-23,25,28-29,31-35,43,46-48H,19-21H2,1-8H3,(H,42,45);;/t23-,25?,28?,29?,31?,32?,33+,34?,35?,39+,40?,41?;;/m0../s1. The molecule has 1 heterocycles. The minimum Gasteiger partial charge on any atom is -0.389 e. The van der Waals surface area contributed by atoms with Gasteiger partial charge in [0.1, 0.15) is 23.9 Å². The summed E-state index contributed by atoms with van der Waals surface area (Å²) in [5, 5.41) is 51.8. The van der Waals surface area contributed by atoms with Crippen molar-refractivity contribution in [2.45, 2.75) is 116 Å². The molecule has 1 aliphatic heterocycles. The van der Waals surface area contributed by atoms with Gasteiger partial charge in [-0.3, -0.25) is 14.8 Å². The van der Waals surface area contributed by atoms with Crippen LogP contribution in [0.4, 0.5) is 0 Å². The Morgan fingerprint density at radius 3 is 2.09 bits per heavy atom. The molecule has 4 aliphatic rings. The first-order chi connectivity index (χ1) is 23.9. The molecule has 3 aliphatic carbocycles. The van der Waals surface area contributed by atoms with E-state index in [0.717, 1.165) is 0 Å². The summed E-state index contributed by atoms with van der Waals surface area (Å²) in [6.07, 6.45) is -4.13. The van der Waals surface area contributed by atoms with Crippen molar-refractivity contribution in [3.05, 3.63) is 82.9 Å². The molecular weight excluding hydrogens is 1100 g/mol. The number of carbonyl (C=O) groups is 2. The number of benzene rings is 2. The maximum Gasteiger partial charge on any atom is 0.251 e. The molecule has 2 aromatic carbocycles. The quantitative estimate of drug-likeness (QED) is 0.128. The van der Waals surface area contributed by atoms with Crippen molar-refractivity contribution in [2.24, 2.45) is 34.5 Å². The van der Waals surface area contributed by atoms with Crippen molar-refractivity contribution < 1.29 is 133 Å². The summed E-state index contributed by atoms with van der Waals surface area (Å²) in [6.45, 7) is 14.9. The number of rotatable bonds is 9. The van der Waals surface area contributed by atoms with Gasteiger partial charge in [0.15, 0.2) is 5.78 Å². The van der Waals surface area contributed by atoms with Gasteiger partial charge in [0, 0.05) is 116 Å². The fourth-order valence-corrected chi connectivity index (χ4v) is 10.6. The van der Waals surface area contributed by atoms with E-state index in [1.165, 1.54) is 0 Å². The fourth-order valence-electron chi connectivity index (χ4n) is 10.6. The summed E-state index contributed by atoms with van der Waals surface area (Å²) in [5.74, 6) is -3.18. The number of hydrogen-bond acceptors (Lipinski definition) is 9. The number of ketones is 1. The Morgan fingerprint density at radius 2 is 1.57 bits per heavy atom. The second-order valence-electron chi connectivity index (χ2n) is 16.6. The van der Waals surface area contributed by atoms with E-state index in [1.54, 1.807) is 24.3 Å². The van der Waals surface area contributed by atoms with Crippen molar-refractivity contribution in [1.82, 2.24) is 5.32 Å². The molecule has 5 N–H and O–H groups in total. The molecule has 10 nitrogen and oxygen atoms in total. The van der Waals surface area contributed by atoms with Gasteiger partial charge in [0.2, 0.25) is 0 Å². The average Bonchev–Trinajstić information content (AvgIpc) is 3.09. The molecule has 284 valence electrons. The van der Waals surface area contributed by atoms with E-state index < -0.39 is 76.0 Å². The minimum atomic E-state index is -1.61. The van der Waals surface area contributed by atoms with Crippen molar-refractivity contribution in [3.8, 4) is 0 Å². The zero-order valence-electron chi connectivity index (χ0n) is 32.2. The SMILES string of the molecule is CC1=C2C(O)C(=O)[C@@]3(C)C(C(C)C(O)(CC1[C@@H](OO)C(OC(C)C)C(NC(=O)c1ccccc1)c1ccccc1)C2(C)C)C1(O)COC1C[C@@H]3C.[Ac].[Ac]. The summed E-state index contributed by atoms with van der Waals surface area (Å²) in [7, 11) is 0. The summed E-state index contributed by atoms with van der Waals surface area (Å²) in [4.78, 5) is 33.9. The summed E-state index contributed by atoms with van der Waals surface area (Å²) in [5.41, 5.74) is -3.15. The third-order valence-corrected chi connectivity index (χ3v) is 13.5. The largest absolute Gasteiger partial charge is 0.389 e. The molecule has 2 bridgehead atoms. The van der Waals surface area contributed by atoms with Crippen LogP contribution < -0.4 is 5.32 Å². The average molecular weight is 1160 g/mol. The van der Waals surface area contributed by atoms with Gasteiger partial charge in [0.25, 0.3) is 5.91 Å². The van der Waals surface area contributed by atoms with E-state index in [9.17, 15) is 30.2 Å². The van der Waals surface area contributed by atoms with Crippen LogP contribution in [-0.2, 0) is 19.2 Å². The zero-order valence-corrected chi connectivity index (χ0v) is 41.6. The number of fused-ring (bicyclic) bond motifs is 5. The van der Waals surface area contributed by atoms with Gasteiger partial charge in [-0.2, -0.15) is 0 Å². The van der Waals surface area contributed by atoms with Gasteiger partial charge in [-0.1, -0.05) is 88.7 Å². The van der Waals surface area contributed by atoms with Gasteiger partial charge in [-0.05, 0) is 68.7 Å². The molecule has 53 heavy (non-hydrogen) atoms. The number of nitrogens with one attached hydrogen (secondary N) is 1. The van der Waals surface area contributed by atoms with Gasteiger partial charge in [0.05, 0.1) is 30.5 Å². The van der Waals surface area contributed by atoms with E-state index in [0.29, 0.717) is 28.7 Å². The van der Waals surface area contributed by atoms with Crippen LogP contribution in [0, 0.1) is 123 Å². The molecule has 0 aromatic heterocycles. The first-order valence-corrected chi connectivity index (χ1v) is 18.3. The van der Waals surface area contributed by atoms with Crippen molar-refractivity contribution >= 4 is 11.7 Å². The van der Waals surface area contributed by atoms with Crippen molar-refractivity contribution in [1.29, 1.82) is 0 Å². The Bertz CT molecular complexity index is 1660. The van der Waals surface area contributed by atoms with Crippen LogP contribution in [0.1, 0.15) is 90.2 Å². The summed E-state index contributed by atoms with van der Waals surface area (Å²) >= 11 is 0. The number of ether oxygens (including phenoxy) is 2. The van der Waals surface area contributed by atoms with Crippen LogP contribution in [0.25, 0.3) is 0 Å². The molecule has 1 saturated heterocycles. The number of amides is 1. The molecule has 1 amide bonds. The Hall–Kier alpha value is -0.0769. The molecule has 9 unspecified atom stereocenters. The molecule has 6 rings (SSSR count). The van der Waals surface area contributed by atoms with Crippen LogP contribution >= 0.6 is 0 Å². The molecule has 12 heteroatoms. The second-order valence-corrected chi connectivity index (χ2v) is 16.6. The molecule has 3 fully saturated rings. The molecule has 2 saturated carbocycles. The monoisotopic (exact) mass is 1160 g/mol. The smallest absolute Gasteiger partial charge is 0.251 e. The normalized spacial score (nSPS) is 36.2. The van der Waals surface area contributed by atoms with E-state index in [1.807, 2.05) is 91.8 Å². The van der Waals surface area contributed by atoms with Crippen LogP contribution in [-0.4, -0.2) is 80.6 Å². The second kappa shape index (κ2) is 17.0. The topological polar surface area (TPSA) is 155 Å². The maximum atomic E-state index is 14.8. The van der Waals surface area contributed by atoms with Gasteiger partial charge >= 0.3 is 0 Å². The van der Waals surface area contributed by atoms with Gasteiger partial charge in [-0.25, -0.2) is 4.89 Å². The minimum absolute atomic E-state index is 0. The van der Waals surface area contributed by atoms with Crippen LogP contribution in [0.3, 0.4) is 0 Å². The van der Waals surface area contributed by atoms with Crippen molar-refractivity contribution in [3.63, 3.8) is 0 Å². The van der Waals surface area contributed by atoms with Crippen LogP contribution in [0.2, 0.25) is 0 Å². The molecule has 12 atom stereocenters. The number of aliphatic hydroxyl groups is 3. The van der Waals surface area contributed by atoms with Gasteiger partial charge < -0.3 is 30.1 Å². The predicted molar refractivity (Wildman–Crippen MR) is 190 cm³/mol. The molecular formula is C41H55Ac2NO9. The molecule has 2 aromatic rings. The summed E-state index contributed by atoms with van der Waals surface area (Å²) < 4.78 is 12.4. The van der Waals surface area contributed by atoms with E-state index in [4.69, 9.17) is 14.4 Å². The molecule has 0 spiro atoms. The van der Waals surface area contributed by atoms with E-state index in [-0.39, 0.29) is 119 Å².